The summed E-state index contributed by atoms with van der Waals surface area (Å²) in [6.45, 7) is 1.08. The molecule has 2 rings (SSSR count). The molecule has 1 N–H and O–H groups in total. The predicted molar refractivity (Wildman–Crippen MR) is 78.1 cm³/mol. The number of nitrogens with one attached hydrogen (secondary N) is 1. The van der Waals surface area contributed by atoms with Crippen LogP contribution in [0.4, 0.5) is 0 Å². The number of aromatic nitrogens is 1. The maximum Gasteiger partial charge on any atom is 0.269 e. The van der Waals surface area contributed by atoms with Gasteiger partial charge < -0.3 is 10.1 Å². The highest BCUT2D eigenvalue weighted by Gasteiger charge is 2.06. The Balaban J connectivity index is 1.67. The molecule has 0 spiro atoms. The van der Waals surface area contributed by atoms with E-state index in [0.717, 1.165) is 12.2 Å². The van der Waals surface area contributed by atoms with Crippen molar-refractivity contribution in [2.75, 3.05) is 13.2 Å². The van der Waals surface area contributed by atoms with E-state index >= 15 is 0 Å². The van der Waals surface area contributed by atoms with E-state index < -0.39 is 0 Å². The molecule has 0 unspecified atom stereocenters. The maximum atomic E-state index is 11.8. The number of amides is 1. The molecule has 0 aliphatic carbocycles. The maximum absolute atomic E-state index is 11.8. The summed E-state index contributed by atoms with van der Waals surface area (Å²) in [6.07, 6.45) is 0.723. The van der Waals surface area contributed by atoms with E-state index in [1.165, 1.54) is 0 Å². The smallest absolute Gasteiger partial charge is 0.269 e. The highest BCUT2D eigenvalue weighted by molar-refractivity contribution is 6.29. The summed E-state index contributed by atoms with van der Waals surface area (Å²) in [5, 5.41) is 3.08. The van der Waals surface area contributed by atoms with Crippen molar-refractivity contribution in [3.63, 3.8) is 0 Å². The van der Waals surface area contributed by atoms with E-state index in [1.807, 2.05) is 30.3 Å². The van der Waals surface area contributed by atoms with Crippen molar-refractivity contribution in [1.29, 1.82) is 0 Å². The molecule has 0 atom stereocenters. The first-order valence-electron chi connectivity index (χ1n) is 6.34. The first-order valence-corrected chi connectivity index (χ1v) is 6.72. The normalized spacial score (nSPS) is 10.1. The van der Waals surface area contributed by atoms with Crippen LogP contribution in [0.25, 0.3) is 0 Å². The van der Waals surface area contributed by atoms with Gasteiger partial charge in [0.1, 0.15) is 16.6 Å². The van der Waals surface area contributed by atoms with Crippen LogP contribution in [0.5, 0.6) is 5.75 Å². The minimum atomic E-state index is -0.229. The van der Waals surface area contributed by atoms with Crippen molar-refractivity contribution in [2.24, 2.45) is 0 Å². The molecule has 0 aliphatic heterocycles. The van der Waals surface area contributed by atoms with Gasteiger partial charge in [0.25, 0.3) is 5.91 Å². The van der Waals surface area contributed by atoms with Gasteiger partial charge in [0.15, 0.2) is 0 Å². The predicted octanol–water partition coefficient (Wildman–Crippen LogP) is 2.93. The SMILES string of the molecule is O=C(NCCCOc1ccccc1)c1cccc(Cl)n1. The zero-order valence-electron chi connectivity index (χ0n) is 10.9. The van der Waals surface area contributed by atoms with Gasteiger partial charge >= 0.3 is 0 Å². The second-order valence-electron chi connectivity index (χ2n) is 4.12. The van der Waals surface area contributed by atoms with Crippen molar-refractivity contribution >= 4 is 17.5 Å². The van der Waals surface area contributed by atoms with E-state index in [2.05, 4.69) is 10.3 Å². The Bertz CT molecular complexity index is 561. The largest absolute Gasteiger partial charge is 0.494 e. The van der Waals surface area contributed by atoms with Crippen LogP contribution in [-0.2, 0) is 0 Å². The number of carbonyl (C=O) groups excluding carboxylic acids is 1. The number of hydrogen-bond acceptors (Lipinski definition) is 3. The van der Waals surface area contributed by atoms with Crippen molar-refractivity contribution in [3.8, 4) is 5.75 Å². The Hall–Kier alpha value is -2.07. The Kier molecular flexibility index (Phi) is 5.38. The third-order valence-corrected chi connectivity index (χ3v) is 2.78. The molecule has 5 heteroatoms. The van der Waals surface area contributed by atoms with Gasteiger partial charge in [0, 0.05) is 6.54 Å². The summed E-state index contributed by atoms with van der Waals surface area (Å²) in [6, 6.07) is 14.5. The molecule has 1 amide bonds. The van der Waals surface area contributed by atoms with Gasteiger partial charge in [0.2, 0.25) is 0 Å². The zero-order valence-corrected chi connectivity index (χ0v) is 11.6. The molecule has 0 bridgehead atoms. The van der Waals surface area contributed by atoms with E-state index in [9.17, 15) is 4.79 Å². The Morgan fingerprint density at radius 1 is 1.15 bits per heavy atom. The van der Waals surface area contributed by atoms with E-state index in [4.69, 9.17) is 16.3 Å². The lowest BCUT2D eigenvalue weighted by atomic mass is 10.3. The zero-order chi connectivity index (χ0) is 14.2. The molecule has 0 aliphatic rings. The topological polar surface area (TPSA) is 51.2 Å². The number of hydrogen-bond donors (Lipinski definition) is 1. The van der Waals surface area contributed by atoms with E-state index in [0.29, 0.717) is 24.0 Å². The minimum absolute atomic E-state index is 0.229. The number of benzene rings is 1. The second-order valence-corrected chi connectivity index (χ2v) is 4.50. The van der Waals surface area contributed by atoms with Crippen molar-refractivity contribution in [3.05, 3.63) is 59.4 Å². The minimum Gasteiger partial charge on any atom is -0.494 e. The van der Waals surface area contributed by atoms with E-state index in [-0.39, 0.29) is 5.91 Å². The fraction of sp³-hybridized carbons (Fsp3) is 0.200. The summed E-state index contributed by atoms with van der Waals surface area (Å²) in [5.41, 5.74) is 0.321. The van der Waals surface area contributed by atoms with Gasteiger partial charge in [-0.25, -0.2) is 4.98 Å². The van der Waals surface area contributed by atoms with Gasteiger partial charge in [0.05, 0.1) is 6.61 Å². The highest BCUT2D eigenvalue weighted by Crippen LogP contribution is 2.08. The quantitative estimate of drug-likeness (QED) is 0.657. The average molecular weight is 291 g/mol. The van der Waals surface area contributed by atoms with Gasteiger partial charge in [-0.05, 0) is 30.7 Å². The summed E-state index contributed by atoms with van der Waals surface area (Å²) < 4.78 is 5.52. The number of para-hydroxylation sites is 1. The summed E-state index contributed by atoms with van der Waals surface area (Å²) in [7, 11) is 0. The van der Waals surface area contributed by atoms with Gasteiger partial charge in [-0.15, -0.1) is 0 Å². The number of ether oxygens (including phenoxy) is 1. The molecule has 2 aromatic rings. The van der Waals surface area contributed by atoms with Crippen LogP contribution in [0.1, 0.15) is 16.9 Å². The fourth-order valence-electron chi connectivity index (χ4n) is 1.61. The monoisotopic (exact) mass is 290 g/mol. The third-order valence-electron chi connectivity index (χ3n) is 2.57. The summed E-state index contributed by atoms with van der Waals surface area (Å²) in [5.74, 6) is 0.600. The summed E-state index contributed by atoms with van der Waals surface area (Å²) in [4.78, 5) is 15.7. The number of rotatable bonds is 6. The molecule has 0 fully saturated rings. The Morgan fingerprint density at radius 3 is 2.70 bits per heavy atom. The molecule has 4 nitrogen and oxygen atoms in total. The molecule has 0 radical (unpaired) electrons. The number of halogens is 1. The standard InChI is InChI=1S/C15H15ClN2O2/c16-14-9-4-8-13(18-14)15(19)17-10-5-11-20-12-6-2-1-3-7-12/h1-4,6-9H,5,10-11H2,(H,17,19). The van der Waals surface area contributed by atoms with Crippen LogP contribution < -0.4 is 10.1 Å². The van der Waals surface area contributed by atoms with Crippen LogP contribution >= 0.6 is 11.6 Å². The first-order chi connectivity index (χ1) is 9.75. The van der Waals surface area contributed by atoms with Gasteiger partial charge in [-0.1, -0.05) is 35.9 Å². The van der Waals surface area contributed by atoms with Crippen LogP contribution in [0.2, 0.25) is 5.15 Å². The molecular formula is C15H15ClN2O2. The van der Waals surface area contributed by atoms with Gasteiger partial charge in [-0.2, -0.15) is 0 Å². The molecule has 0 saturated heterocycles. The van der Waals surface area contributed by atoms with Crippen LogP contribution in [0, 0.1) is 0 Å². The van der Waals surface area contributed by atoms with Crippen LogP contribution in [-0.4, -0.2) is 24.0 Å². The molecular weight excluding hydrogens is 276 g/mol. The molecule has 1 heterocycles. The lowest BCUT2D eigenvalue weighted by Crippen LogP contribution is -2.26. The first kappa shape index (κ1) is 14.3. The summed E-state index contributed by atoms with van der Waals surface area (Å²) >= 11 is 5.73. The molecule has 20 heavy (non-hydrogen) atoms. The Morgan fingerprint density at radius 2 is 1.95 bits per heavy atom. The highest BCUT2D eigenvalue weighted by atomic mass is 35.5. The lowest BCUT2D eigenvalue weighted by molar-refractivity contribution is 0.0946. The van der Waals surface area contributed by atoms with E-state index in [1.54, 1.807) is 18.2 Å². The Labute approximate surface area is 122 Å². The van der Waals surface area contributed by atoms with Crippen LogP contribution in [0.15, 0.2) is 48.5 Å². The number of nitrogens with zero attached hydrogens (tertiary/aromatic N) is 1. The van der Waals surface area contributed by atoms with Crippen molar-refractivity contribution in [2.45, 2.75) is 6.42 Å². The molecule has 1 aromatic carbocycles. The lowest BCUT2D eigenvalue weighted by Gasteiger charge is -2.07. The fourth-order valence-corrected chi connectivity index (χ4v) is 1.77. The molecule has 0 saturated carbocycles. The van der Waals surface area contributed by atoms with Gasteiger partial charge in [-0.3, -0.25) is 4.79 Å². The molecule has 104 valence electrons. The second kappa shape index (κ2) is 7.50. The molecule has 1 aromatic heterocycles. The third kappa shape index (κ3) is 4.55. The van der Waals surface area contributed by atoms with Crippen LogP contribution in [0.3, 0.4) is 0 Å². The van der Waals surface area contributed by atoms with Crippen molar-refractivity contribution in [1.82, 2.24) is 10.3 Å². The average Bonchev–Trinajstić information content (AvgIpc) is 2.48. The van der Waals surface area contributed by atoms with Crippen molar-refractivity contribution < 1.29 is 9.53 Å². The number of pyridine rings is 1. The number of carbonyl (C=O) groups is 1.